The van der Waals surface area contributed by atoms with Crippen LogP contribution >= 0.6 is 8.17 Å². The number of para-hydroxylation sites is 4. The van der Waals surface area contributed by atoms with Gasteiger partial charge >= 0.3 is 240 Å². The van der Waals surface area contributed by atoms with E-state index in [0.717, 1.165) is 0 Å². The molecule has 8 nitrogen and oxygen atoms in total. The molecule has 0 atom stereocenters. The van der Waals surface area contributed by atoms with Crippen LogP contribution < -0.4 is 18.9 Å². The van der Waals surface area contributed by atoms with Crippen molar-refractivity contribution < 1.29 is 37.0 Å². The summed E-state index contributed by atoms with van der Waals surface area (Å²) >= 11 is 0. The number of hydrogen-bond acceptors (Lipinski definition) is 8. The van der Waals surface area contributed by atoms with Gasteiger partial charge in [0.25, 0.3) is 0 Å². The molecular weight excluding hydrogens is 543 g/mol. The van der Waals surface area contributed by atoms with E-state index in [1.807, 2.05) is 72.8 Å². The molecule has 4 rings (SSSR count). The van der Waals surface area contributed by atoms with Gasteiger partial charge in [-0.05, 0) is 0 Å². The molecule has 4 aromatic rings. The molecule has 0 spiro atoms. The molecule has 0 aliphatic carbocycles. The molecule has 0 aromatic heterocycles. The fourth-order valence-corrected chi connectivity index (χ4v) is 4.25. The Kier molecular flexibility index (Phi) is 11.6. The Hall–Kier alpha value is -5.33. The van der Waals surface area contributed by atoms with Gasteiger partial charge in [-0.3, -0.25) is 0 Å². The predicted octanol–water partition coefficient (Wildman–Crippen LogP) is 8.66. The molecule has 4 aromatic carbocycles. The fraction of sp³-hybridized carbons (Fsp3) is 0. The van der Waals surface area contributed by atoms with E-state index in [0.29, 0.717) is 23.0 Å². The first kappa shape index (κ1) is 28.7. The number of ether oxygens (including phenoxy) is 4. The summed E-state index contributed by atoms with van der Waals surface area (Å²) in [6.45, 7) is 0. The van der Waals surface area contributed by atoms with Crippen LogP contribution in [0.25, 0.3) is 0 Å². The second-order valence-electron chi connectivity index (χ2n) is 7.78. The van der Waals surface area contributed by atoms with Crippen molar-refractivity contribution >= 4 is 8.17 Å². The van der Waals surface area contributed by atoms with Gasteiger partial charge in [0.05, 0.1) is 0 Å². The van der Waals surface area contributed by atoms with Crippen LogP contribution in [0.15, 0.2) is 171 Å². The van der Waals surface area contributed by atoms with Crippen molar-refractivity contribution in [1.82, 2.24) is 0 Å². The normalized spacial score (nSPS) is 11.9. The van der Waals surface area contributed by atoms with E-state index >= 15 is 0 Å². The molecule has 0 saturated carbocycles. The van der Waals surface area contributed by atoms with Crippen LogP contribution in [0.2, 0.25) is 0 Å². The maximum atomic E-state index is 5.85. The van der Waals surface area contributed by atoms with Crippen molar-refractivity contribution in [3.05, 3.63) is 171 Å². The van der Waals surface area contributed by atoms with E-state index < -0.39 is 8.17 Å². The Bertz CT molecular complexity index is 1160. The maximum absolute atomic E-state index is 5.85. The van der Waals surface area contributed by atoms with Crippen LogP contribution in [0.3, 0.4) is 0 Å². The molecular formula is C32H29O8P. The van der Waals surface area contributed by atoms with Gasteiger partial charge < -0.3 is 0 Å². The van der Waals surface area contributed by atoms with Gasteiger partial charge in [-0.1, -0.05) is 0 Å². The monoisotopic (exact) mass is 572 g/mol. The topological polar surface area (TPSA) is 73.8 Å². The van der Waals surface area contributed by atoms with Gasteiger partial charge in [-0.15, -0.1) is 0 Å². The third kappa shape index (κ3) is 10.8. The fourth-order valence-electron chi connectivity index (χ4n) is 3.03. The molecule has 9 heteroatoms. The van der Waals surface area contributed by atoms with Crippen LogP contribution in [0.1, 0.15) is 0 Å². The number of hydrogen-bond donors (Lipinski definition) is 0. The molecule has 0 fully saturated rings. The Balaban J connectivity index is 1.49. The number of rotatable bonds is 16. The molecule has 0 bridgehead atoms. The molecule has 0 amide bonds. The molecule has 41 heavy (non-hydrogen) atoms. The quantitative estimate of drug-likeness (QED) is 0.0976. The summed E-state index contributed by atoms with van der Waals surface area (Å²) in [5.41, 5.74) is 0. The average Bonchev–Trinajstić information content (AvgIpc) is 3.04. The summed E-state index contributed by atoms with van der Waals surface area (Å²) in [6, 6.07) is 36.8. The molecule has 210 valence electrons. The summed E-state index contributed by atoms with van der Waals surface area (Å²) in [5.74, 6) is 2.47. The van der Waals surface area contributed by atoms with E-state index in [9.17, 15) is 0 Å². The molecule has 0 N–H and O–H groups in total. The van der Waals surface area contributed by atoms with Crippen LogP contribution in [0.4, 0.5) is 0 Å². The summed E-state index contributed by atoms with van der Waals surface area (Å²) in [7, 11) is -4.02. The minimum absolute atomic E-state index is 0.617. The van der Waals surface area contributed by atoms with Crippen molar-refractivity contribution in [2.24, 2.45) is 0 Å². The zero-order chi connectivity index (χ0) is 28.3. The standard InChI is InChI=1S/C32H29O8P/c1-5-13-29(14-6-1)33-21-25-37-41(38-26-22-34-30-15-7-2-8-16-30,39-27-23-35-31-17-9-3-10-18-31)40-28-24-36-32-19-11-4-12-20-32/h1-28,41H/b25-21-,26-22-,27-23-,28-24-. The van der Waals surface area contributed by atoms with E-state index in [4.69, 9.17) is 37.0 Å². The van der Waals surface area contributed by atoms with Gasteiger partial charge in [-0.2, -0.15) is 0 Å². The Morgan fingerprint density at radius 1 is 0.293 bits per heavy atom. The molecule has 0 heterocycles. The molecule has 0 aliphatic rings. The van der Waals surface area contributed by atoms with Crippen molar-refractivity contribution in [2.45, 2.75) is 0 Å². The molecule has 0 aliphatic heterocycles. The first-order valence-corrected chi connectivity index (χ1v) is 14.1. The van der Waals surface area contributed by atoms with Crippen LogP contribution in [-0.2, 0) is 18.1 Å². The Morgan fingerprint density at radius 2 is 0.512 bits per heavy atom. The van der Waals surface area contributed by atoms with Gasteiger partial charge in [0.15, 0.2) is 0 Å². The Morgan fingerprint density at radius 3 is 0.732 bits per heavy atom. The molecule has 0 unspecified atom stereocenters. The summed E-state index contributed by atoms with van der Waals surface area (Å²) in [5, 5.41) is 0. The SMILES string of the molecule is C(=C/O[PH](O/C=C\Oc1ccccc1)(O/C=C\Oc1ccccc1)O/C=C\Oc1ccccc1)/Oc1ccccc1. The zero-order valence-corrected chi connectivity index (χ0v) is 22.9. The van der Waals surface area contributed by atoms with E-state index in [-0.39, 0.29) is 0 Å². The average molecular weight is 573 g/mol. The van der Waals surface area contributed by atoms with Crippen molar-refractivity contribution in [1.29, 1.82) is 0 Å². The van der Waals surface area contributed by atoms with Gasteiger partial charge in [0.1, 0.15) is 0 Å². The third-order valence-electron chi connectivity index (χ3n) is 4.86. The summed E-state index contributed by atoms with van der Waals surface area (Å²) < 4.78 is 45.7. The van der Waals surface area contributed by atoms with Crippen LogP contribution in [0, 0.1) is 0 Å². The van der Waals surface area contributed by atoms with E-state index in [1.54, 1.807) is 48.5 Å². The van der Waals surface area contributed by atoms with Gasteiger partial charge in [0, 0.05) is 0 Å². The minimum atomic E-state index is -4.02. The second-order valence-corrected chi connectivity index (χ2v) is 9.73. The summed E-state index contributed by atoms with van der Waals surface area (Å²) in [4.78, 5) is 0. The van der Waals surface area contributed by atoms with Gasteiger partial charge in [-0.25, -0.2) is 0 Å². The van der Waals surface area contributed by atoms with Crippen molar-refractivity contribution in [3.63, 3.8) is 0 Å². The van der Waals surface area contributed by atoms with Crippen LogP contribution in [0.5, 0.6) is 23.0 Å². The first-order chi connectivity index (χ1) is 20.3. The first-order valence-electron chi connectivity index (χ1n) is 12.5. The van der Waals surface area contributed by atoms with E-state index in [2.05, 4.69) is 0 Å². The molecule has 0 radical (unpaired) electrons. The van der Waals surface area contributed by atoms with Crippen molar-refractivity contribution in [2.75, 3.05) is 0 Å². The number of benzene rings is 4. The zero-order valence-electron chi connectivity index (χ0n) is 21.9. The second kappa shape index (κ2) is 16.6. The Labute approximate surface area is 239 Å². The van der Waals surface area contributed by atoms with Crippen LogP contribution in [-0.4, -0.2) is 0 Å². The molecule has 0 saturated heterocycles. The predicted molar refractivity (Wildman–Crippen MR) is 157 cm³/mol. The van der Waals surface area contributed by atoms with E-state index in [1.165, 1.54) is 50.1 Å². The summed E-state index contributed by atoms with van der Waals surface area (Å²) in [6.07, 6.45) is 10.4. The van der Waals surface area contributed by atoms with Gasteiger partial charge in [0.2, 0.25) is 0 Å². The third-order valence-corrected chi connectivity index (χ3v) is 6.56. The van der Waals surface area contributed by atoms with Crippen molar-refractivity contribution in [3.8, 4) is 23.0 Å².